The zero-order chi connectivity index (χ0) is 15.1. The Hall–Kier alpha value is -1.57. The first kappa shape index (κ1) is 16.5. The van der Waals surface area contributed by atoms with E-state index in [2.05, 4.69) is 15.6 Å². The number of aliphatic carboxylic acids is 1. The van der Waals surface area contributed by atoms with Crippen LogP contribution in [0, 0.1) is 5.92 Å². The summed E-state index contributed by atoms with van der Waals surface area (Å²) in [6.45, 7) is 6.06. The van der Waals surface area contributed by atoms with E-state index in [4.69, 9.17) is 5.11 Å². The molecular formula is C12H20N4O3S. The van der Waals surface area contributed by atoms with E-state index in [9.17, 15) is 9.59 Å². The zero-order valence-corrected chi connectivity index (χ0v) is 12.7. The van der Waals surface area contributed by atoms with Gasteiger partial charge in [0, 0.05) is 0 Å². The van der Waals surface area contributed by atoms with E-state index in [0.717, 1.165) is 5.75 Å². The van der Waals surface area contributed by atoms with Gasteiger partial charge in [-0.3, -0.25) is 9.59 Å². The van der Waals surface area contributed by atoms with Gasteiger partial charge in [-0.05, 0) is 11.7 Å². The van der Waals surface area contributed by atoms with Gasteiger partial charge >= 0.3 is 5.97 Å². The number of carboxylic acids is 1. The van der Waals surface area contributed by atoms with Crippen LogP contribution in [0.1, 0.15) is 26.5 Å². The van der Waals surface area contributed by atoms with E-state index in [1.807, 2.05) is 20.8 Å². The van der Waals surface area contributed by atoms with Crippen LogP contribution in [0.5, 0.6) is 0 Å². The number of hydrogen-bond acceptors (Lipinski definition) is 5. The van der Waals surface area contributed by atoms with Crippen molar-refractivity contribution < 1.29 is 14.7 Å². The van der Waals surface area contributed by atoms with Gasteiger partial charge in [-0.15, -0.1) is 16.9 Å². The van der Waals surface area contributed by atoms with Crippen LogP contribution >= 0.6 is 11.8 Å². The molecule has 20 heavy (non-hydrogen) atoms. The highest BCUT2D eigenvalue weighted by atomic mass is 32.2. The normalized spacial score (nSPS) is 12.4. The van der Waals surface area contributed by atoms with Crippen molar-refractivity contribution in [2.45, 2.75) is 39.1 Å². The molecule has 0 aliphatic rings. The number of carbonyl (C=O) groups excluding carboxylic acids is 1. The lowest BCUT2D eigenvalue weighted by Gasteiger charge is -2.18. The molecule has 1 atom stereocenters. The van der Waals surface area contributed by atoms with Crippen LogP contribution < -0.4 is 5.32 Å². The number of carboxylic acid groups (broad SMARTS) is 1. The van der Waals surface area contributed by atoms with E-state index in [1.165, 1.54) is 10.9 Å². The summed E-state index contributed by atoms with van der Waals surface area (Å²) in [7, 11) is 0. The number of aromatic nitrogens is 3. The van der Waals surface area contributed by atoms with E-state index in [1.54, 1.807) is 11.8 Å². The Kier molecular flexibility index (Phi) is 6.50. The van der Waals surface area contributed by atoms with Crippen molar-refractivity contribution in [3.05, 3.63) is 11.9 Å². The standard InChI is InChI=1S/C12H20N4O3S/c1-4-20-11(8(2)3)12(19)13-5-9-6-16(15-14-9)7-10(17)18/h6,8,11H,4-5,7H2,1-3H3,(H,13,19)(H,17,18). The smallest absolute Gasteiger partial charge is 0.325 e. The quantitative estimate of drug-likeness (QED) is 0.735. The number of rotatable bonds is 8. The van der Waals surface area contributed by atoms with Crippen molar-refractivity contribution in [3.63, 3.8) is 0 Å². The summed E-state index contributed by atoms with van der Waals surface area (Å²) in [5.74, 6) is 0.123. The molecule has 1 aromatic rings. The second-order valence-electron chi connectivity index (χ2n) is 4.64. The summed E-state index contributed by atoms with van der Waals surface area (Å²) in [4.78, 5) is 22.6. The van der Waals surface area contributed by atoms with Crippen LogP contribution in [0.25, 0.3) is 0 Å². The number of hydrogen-bond donors (Lipinski definition) is 2. The zero-order valence-electron chi connectivity index (χ0n) is 11.9. The van der Waals surface area contributed by atoms with Gasteiger partial charge in [0.25, 0.3) is 0 Å². The van der Waals surface area contributed by atoms with Crippen molar-refractivity contribution in [1.29, 1.82) is 0 Å². The summed E-state index contributed by atoms with van der Waals surface area (Å²) in [5.41, 5.74) is 0.545. The second-order valence-corrected chi connectivity index (χ2v) is 6.06. The molecule has 1 aromatic heterocycles. The summed E-state index contributed by atoms with van der Waals surface area (Å²) in [6, 6.07) is 0. The van der Waals surface area contributed by atoms with Crippen LogP contribution in [-0.4, -0.2) is 43.0 Å². The molecule has 112 valence electrons. The van der Waals surface area contributed by atoms with Crippen molar-refractivity contribution in [2.24, 2.45) is 5.92 Å². The lowest BCUT2D eigenvalue weighted by atomic mass is 10.1. The van der Waals surface area contributed by atoms with Gasteiger partial charge in [0.1, 0.15) is 12.2 Å². The maximum atomic E-state index is 12.1. The Morgan fingerprint density at radius 2 is 2.20 bits per heavy atom. The molecule has 0 fully saturated rings. The molecule has 2 N–H and O–H groups in total. The molecule has 0 saturated carbocycles. The number of amides is 1. The first-order valence-corrected chi connectivity index (χ1v) is 7.49. The van der Waals surface area contributed by atoms with Gasteiger partial charge in [0.05, 0.1) is 18.0 Å². The minimum atomic E-state index is -0.982. The summed E-state index contributed by atoms with van der Waals surface area (Å²) < 4.78 is 1.23. The van der Waals surface area contributed by atoms with Crippen LogP contribution in [0.3, 0.4) is 0 Å². The minimum Gasteiger partial charge on any atom is -0.480 e. The number of thioether (sulfide) groups is 1. The maximum absolute atomic E-state index is 12.1. The lowest BCUT2D eigenvalue weighted by molar-refractivity contribution is -0.138. The number of nitrogens with one attached hydrogen (secondary N) is 1. The largest absolute Gasteiger partial charge is 0.480 e. The van der Waals surface area contributed by atoms with E-state index < -0.39 is 5.97 Å². The van der Waals surface area contributed by atoms with Crippen molar-refractivity contribution in [3.8, 4) is 0 Å². The van der Waals surface area contributed by atoms with Gasteiger partial charge in [0.2, 0.25) is 5.91 Å². The second kappa shape index (κ2) is 7.88. The predicted molar refractivity (Wildman–Crippen MR) is 76.3 cm³/mol. The SMILES string of the molecule is CCSC(C(=O)NCc1cn(CC(=O)O)nn1)C(C)C. The molecule has 0 aromatic carbocycles. The first-order chi connectivity index (χ1) is 9.43. The molecular weight excluding hydrogens is 280 g/mol. The molecule has 0 aliphatic heterocycles. The molecule has 0 bridgehead atoms. The van der Waals surface area contributed by atoms with Crippen molar-refractivity contribution in [2.75, 3.05) is 5.75 Å². The topological polar surface area (TPSA) is 97.1 Å². The van der Waals surface area contributed by atoms with E-state index in [0.29, 0.717) is 5.69 Å². The highest BCUT2D eigenvalue weighted by Crippen LogP contribution is 2.19. The van der Waals surface area contributed by atoms with Crippen LogP contribution in [0.15, 0.2) is 6.20 Å². The third-order valence-electron chi connectivity index (χ3n) is 2.54. The lowest BCUT2D eigenvalue weighted by Crippen LogP contribution is -2.35. The fourth-order valence-electron chi connectivity index (χ4n) is 1.66. The van der Waals surface area contributed by atoms with Gasteiger partial charge in [0.15, 0.2) is 0 Å². The fourth-order valence-corrected chi connectivity index (χ4v) is 2.64. The predicted octanol–water partition coefficient (Wildman–Crippen LogP) is 0.757. The van der Waals surface area contributed by atoms with E-state index in [-0.39, 0.29) is 30.2 Å². The Morgan fingerprint density at radius 1 is 1.50 bits per heavy atom. The Balaban J connectivity index is 2.51. The monoisotopic (exact) mass is 300 g/mol. The fraction of sp³-hybridized carbons (Fsp3) is 0.667. The third-order valence-corrected chi connectivity index (χ3v) is 3.99. The van der Waals surface area contributed by atoms with E-state index >= 15 is 0 Å². The molecule has 0 aliphatic carbocycles. The molecule has 1 amide bonds. The minimum absolute atomic E-state index is 0.0281. The Morgan fingerprint density at radius 3 is 2.75 bits per heavy atom. The van der Waals surface area contributed by atoms with Gasteiger partial charge in [-0.25, -0.2) is 4.68 Å². The average molecular weight is 300 g/mol. The summed E-state index contributed by atoms with van der Waals surface area (Å²) in [5, 5.41) is 18.8. The van der Waals surface area contributed by atoms with Gasteiger partial charge in [-0.2, -0.15) is 0 Å². The van der Waals surface area contributed by atoms with Crippen LogP contribution in [-0.2, 0) is 22.7 Å². The molecule has 1 heterocycles. The highest BCUT2D eigenvalue weighted by molar-refractivity contribution is 8.00. The highest BCUT2D eigenvalue weighted by Gasteiger charge is 2.21. The first-order valence-electron chi connectivity index (χ1n) is 6.44. The average Bonchev–Trinajstić information content (AvgIpc) is 2.79. The Labute approximate surface area is 122 Å². The molecule has 0 radical (unpaired) electrons. The van der Waals surface area contributed by atoms with Crippen molar-refractivity contribution >= 4 is 23.6 Å². The maximum Gasteiger partial charge on any atom is 0.325 e. The summed E-state index contributed by atoms with van der Waals surface area (Å²) >= 11 is 1.61. The molecule has 1 rings (SSSR count). The van der Waals surface area contributed by atoms with Crippen molar-refractivity contribution in [1.82, 2.24) is 20.3 Å². The Bertz CT molecular complexity index is 461. The van der Waals surface area contributed by atoms with Gasteiger partial charge < -0.3 is 10.4 Å². The van der Waals surface area contributed by atoms with Crippen LogP contribution in [0.4, 0.5) is 0 Å². The molecule has 0 spiro atoms. The molecule has 0 saturated heterocycles. The third kappa shape index (κ3) is 5.20. The van der Waals surface area contributed by atoms with Crippen LogP contribution in [0.2, 0.25) is 0 Å². The molecule has 1 unspecified atom stereocenters. The summed E-state index contributed by atoms with van der Waals surface area (Å²) in [6.07, 6.45) is 1.52. The molecule has 8 heteroatoms. The van der Waals surface area contributed by atoms with Gasteiger partial charge in [-0.1, -0.05) is 26.0 Å². The molecule has 7 nitrogen and oxygen atoms in total. The number of nitrogens with zero attached hydrogens (tertiary/aromatic N) is 3. The number of carbonyl (C=O) groups is 2.